The Balaban J connectivity index is 2.05. The van der Waals surface area contributed by atoms with Gasteiger partial charge in [-0.15, -0.1) is 0 Å². The van der Waals surface area contributed by atoms with Gasteiger partial charge in [0.1, 0.15) is 5.76 Å². The maximum absolute atomic E-state index is 12.6. The molecule has 2 aliphatic rings. The molecule has 26 heavy (non-hydrogen) atoms. The largest absolute Gasteiger partial charge is 0.466 e. The third-order valence-electron chi connectivity index (χ3n) is 5.65. The predicted octanol–water partition coefficient (Wildman–Crippen LogP) is 3.61. The van der Waals surface area contributed by atoms with Gasteiger partial charge < -0.3 is 9.47 Å². The molecule has 0 aliphatic heterocycles. The van der Waals surface area contributed by atoms with Gasteiger partial charge in [-0.05, 0) is 31.6 Å². The number of methoxy groups -OCH3 is 1. The second-order valence-corrected chi connectivity index (χ2v) is 7.74. The van der Waals surface area contributed by atoms with Crippen molar-refractivity contribution in [3.63, 3.8) is 0 Å². The summed E-state index contributed by atoms with van der Waals surface area (Å²) in [6, 6.07) is 0. The molecule has 1 fully saturated rings. The Labute approximate surface area is 155 Å². The number of ketones is 1. The molecule has 0 amide bonds. The van der Waals surface area contributed by atoms with Gasteiger partial charge in [0.15, 0.2) is 5.78 Å². The van der Waals surface area contributed by atoms with Crippen LogP contribution in [0, 0.1) is 29.1 Å². The molecule has 2 rings (SSSR count). The Morgan fingerprint density at radius 3 is 2.54 bits per heavy atom. The van der Waals surface area contributed by atoms with Crippen molar-refractivity contribution in [3.05, 3.63) is 35.6 Å². The third kappa shape index (κ3) is 3.81. The number of carbonyl (C=O) groups is 3. The monoisotopic (exact) mass is 360 g/mol. The smallest absolute Gasteiger partial charge is 0.333 e. The minimum atomic E-state index is -0.399. The van der Waals surface area contributed by atoms with Gasteiger partial charge in [-0.1, -0.05) is 39.0 Å². The fraction of sp³-hybridized carbons (Fsp3) is 0.571. The highest BCUT2D eigenvalue weighted by molar-refractivity contribution is 5.96. The van der Waals surface area contributed by atoms with Crippen LogP contribution < -0.4 is 0 Å². The molecular weight excluding hydrogens is 332 g/mol. The average Bonchev–Trinajstić information content (AvgIpc) is 3.01. The van der Waals surface area contributed by atoms with E-state index in [-0.39, 0.29) is 40.8 Å². The molecule has 0 heterocycles. The van der Waals surface area contributed by atoms with Crippen LogP contribution in [0.5, 0.6) is 0 Å². The minimum Gasteiger partial charge on any atom is -0.466 e. The summed E-state index contributed by atoms with van der Waals surface area (Å²) in [6.45, 7) is 9.44. The second kappa shape index (κ2) is 7.60. The third-order valence-corrected chi connectivity index (χ3v) is 5.65. The zero-order chi connectivity index (χ0) is 19.6. The topological polar surface area (TPSA) is 69.7 Å². The maximum Gasteiger partial charge on any atom is 0.333 e. The van der Waals surface area contributed by atoms with E-state index in [1.165, 1.54) is 13.2 Å². The van der Waals surface area contributed by atoms with Crippen molar-refractivity contribution in [3.8, 4) is 0 Å². The number of ether oxygens (including phenoxy) is 2. The number of allylic oxidation sites excluding steroid dienone is 5. The summed E-state index contributed by atoms with van der Waals surface area (Å²) in [7, 11) is 1.33. The molecule has 0 aromatic carbocycles. The lowest BCUT2D eigenvalue weighted by Gasteiger charge is -2.16. The lowest BCUT2D eigenvalue weighted by Crippen LogP contribution is -2.17. The molecule has 1 saturated carbocycles. The van der Waals surface area contributed by atoms with Gasteiger partial charge >= 0.3 is 11.9 Å². The van der Waals surface area contributed by atoms with Crippen molar-refractivity contribution in [2.24, 2.45) is 29.1 Å². The van der Waals surface area contributed by atoms with Crippen molar-refractivity contribution in [2.45, 2.75) is 41.0 Å². The van der Waals surface area contributed by atoms with Crippen LogP contribution in [0.2, 0.25) is 0 Å². The molecule has 4 atom stereocenters. The summed E-state index contributed by atoms with van der Waals surface area (Å²) < 4.78 is 10.3. The Hall–Kier alpha value is -2.17. The molecule has 0 radical (unpaired) electrons. The van der Waals surface area contributed by atoms with E-state index in [4.69, 9.17) is 9.47 Å². The number of hydrogen-bond acceptors (Lipinski definition) is 5. The van der Waals surface area contributed by atoms with E-state index in [1.54, 1.807) is 13.0 Å². The highest BCUT2D eigenvalue weighted by Crippen LogP contribution is 2.60. The van der Waals surface area contributed by atoms with Gasteiger partial charge in [0.2, 0.25) is 0 Å². The Bertz CT molecular complexity index is 695. The van der Waals surface area contributed by atoms with E-state index in [2.05, 4.69) is 0 Å². The second-order valence-electron chi connectivity index (χ2n) is 7.74. The van der Waals surface area contributed by atoms with Crippen LogP contribution in [0.4, 0.5) is 0 Å². The molecule has 5 nitrogen and oxygen atoms in total. The molecule has 0 spiro atoms. The van der Waals surface area contributed by atoms with Gasteiger partial charge in [0.05, 0.1) is 13.0 Å². The number of hydrogen-bond donors (Lipinski definition) is 0. The first kappa shape index (κ1) is 20.1. The van der Waals surface area contributed by atoms with Gasteiger partial charge in [0, 0.05) is 23.5 Å². The summed E-state index contributed by atoms with van der Waals surface area (Å²) in [5.74, 6) is -0.985. The average molecular weight is 360 g/mol. The highest BCUT2D eigenvalue weighted by Gasteiger charge is 2.62. The molecule has 2 aliphatic carbocycles. The van der Waals surface area contributed by atoms with Crippen LogP contribution >= 0.6 is 0 Å². The van der Waals surface area contributed by atoms with Crippen molar-refractivity contribution in [1.29, 1.82) is 0 Å². The van der Waals surface area contributed by atoms with Crippen molar-refractivity contribution >= 4 is 17.7 Å². The number of esters is 2. The highest BCUT2D eigenvalue weighted by atomic mass is 16.5. The van der Waals surface area contributed by atoms with Crippen LogP contribution in [0.1, 0.15) is 41.0 Å². The van der Waals surface area contributed by atoms with Crippen LogP contribution in [0.3, 0.4) is 0 Å². The summed E-state index contributed by atoms with van der Waals surface area (Å²) >= 11 is 0. The number of rotatable bonds is 6. The Morgan fingerprint density at radius 1 is 1.31 bits per heavy atom. The van der Waals surface area contributed by atoms with E-state index in [1.807, 2.05) is 39.8 Å². The van der Waals surface area contributed by atoms with Crippen molar-refractivity contribution in [1.82, 2.24) is 0 Å². The molecule has 2 unspecified atom stereocenters. The van der Waals surface area contributed by atoms with Crippen molar-refractivity contribution < 1.29 is 23.9 Å². The van der Waals surface area contributed by atoms with Gasteiger partial charge in [0.25, 0.3) is 0 Å². The first-order chi connectivity index (χ1) is 12.1. The first-order valence-corrected chi connectivity index (χ1v) is 9.00. The normalized spacial score (nSPS) is 30.3. The molecule has 5 heteroatoms. The fourth-order valence-electron chi connectivity index (χ4n) is 3.67. The molecule has 0 bridgehead atoms. The van der Waals surface area contributed by atoms with Crippen molar-refractivity contribution in [2.75, 3.05) is 7.11 Å². The van der Waals surface area contributed by atoms with E-state index in [0.717, 1.165) is 0 Å². The molecule has 0 N–H and O–H groups in total. The van der Waals surface area contributed by atoms with Gasteiger partial charge in [-0.3, -0.25) is 9.59 Å². The summed E-state index contributed by atoms with van der Waals surface area (Å²) in [5, 5.41) is 0. The molecule has 142 valence electrons. The van der Waals surface area contributed by atoms with Crippen LogP contribution in [-0.2, 0) is 23.9 Å². The zero-order valence-electron chi connectivity index (χ0n) is 16.4. The molecule has 0 saturated heterocycles. The van der Waals surface area contributed by atoms with Crippen LogP contribution in [0.15, 0.2) is 35.6 Å². The number of carbonyl (C=O) groups excluding carboxylic acids is 3. The predicted molar refractivity (Wildman–Crippen MR) is 97.8 cm³/mol. The van der Waals surface area contributed by atoms with Gasteiger partial charge in [-0.2, -0.15) is 0 Å². The maximum atomic E-state index is 12.6. The van der Waals surface area contributed by atoms with E-state index < -0.39 is 5.97 Å². The molecule has 0 aromatic rings. The fourth-order valence-corrected chi connectivity index (χ4v) is 3.67. The SMILES string of the molecule is CC=CCC1C(=O)C=C(OC(=O)[C@@H]2[C@@H](C=C(C)C(=O)OC)C2(C)C)C1C. The lowest BCUT2D eigenvalue weighted by atomic mass is 9.92. The molecule has 0 aromatic heterocycles. The summed E-state index contributed by atoms with van der Waals surface area (Å²) in [6.07, 6.45) is 7.75. The van der Waals surface area contributed by atoms with Crippen LogP contribution in [-0.4, -0.2) is 24.8 Å². The standard InChI is InChI=1S/C21H28O5/c1-7-8-9-14-13(3)17(11-16(14)22)26-20(24)18-15(21(18,4)5)10-12(2)19(23)25-6/h7-8,10-11,13-15,18H,9H2,1-6H3/t13?,14?,15-,18+/m1/s1. The van der Waals surface area contributed by atoms with E-state index >= 15 is 0 Å². The van der Waals surface area contributed by atoms with E-state index in [0.29, 0.717) is 17.8 Å². The van der Waals surface area contributed by atoms with Crippen LogP contribution in [0.25, 0.3) is 0 Å². The summed E-state index contributed by atoms with van der Waals surface area (Å²) in [5.41, 5.74) is 0.194. The van der Waals surface area contributed by atoms with Gasteiger partial charge in [-0.25, -0.2) is 4.79 Å². The summed E-state index contributed by atoms with van der Waals surface area (Å²) in [4.78, 5) is 36.4. The Kier molecular flexibility index (Phi) is 5.89. The molecular formula is C21H28O5. The lowest BCUT2D eigenvalue weighted by molar-refractivity contribution is -0.143. The zero-order valence-corrected chi connectivity index (χ0v) is 16.4. The minimum absolute atomic E-state index is 0.00596. The Morgan fingerprint density at radius 2 is 1.96 bits per heavy atom. The quantitative estimate of drug-likeness (QED) is 0.411. The first-order valence-electron chi connectivity index (χ1n) is 9.00. The van der Waals surface area contributed by atoms with E-state index in [9.17, 15) is 14.4 Å².